The summed E-state index contributed by atoms with van der Waals surface area (Å²) in [6, 6.07) is 21.2. The third-order valence-electron chi connectivity index (χ3n) is 13.3. The number of sulfonamides is 2. The molecule has 4 heterocycles. The van der Waals surface area contributed by atoms with Gasteiger partial charge in [0.2, 0.25) is 20.0 Å². The summed E-state index contributed by atoms with van der Waals surface area (Å²) in [7, 11) is -3.53. The van der Waals surface area contributed by atoms with Gasteiger partial charge < -0.3 is 43.0 Å². The second-order valence-corrected chi connectivity index (χ2v) is 24.7. The van der Waals surface area contributed by atoms with Crippen LogP contribution in [0.5, 0.6) is 0 Å². The maximum Gasteiger partial charge on any atom is 0.240 e. The summed E-state index contributed by atoms with van der Waals surface area (Å²) < 4.78 is 101. The van der Waals surface area contributed by atoms with E-state index in [-0.39, 0.29) is 61.1 Å². The fourth-order valence-corrected chi connectivity index (χ4v) is 12.7. The predicted octanol–water partition coefficient (Wildman–Crippen LogP) is 6.41. The average molecular weight is 1240 g/mol. The van der Waals surface area contributed by atoms with Crippen LogP contribution in [0, 0.1) is 0 Å². The van der Waals surface area contributed by atoms with Crippen molar-refractivity contribution in [2.75, 3.05) is 120 Å². The lowest BCUT2D eigenvalue weighted by Gasteiger charge is -2.33. The minimum absolute atomic E-state index is 0.0826. The molecular weight excluding hydrogens is 1170 g/mol. The number of halogens is 4. The molecule has 21 nitrogen and oxygen atoms in total. The van der Waals surface area contributed by atoms with Gasteiger partial charge in [-0.3, -0.25) is 0 Å². The van der Waals surface area contributed by atoms with E-state index in [0.717, 1.165) is 33.4 Å². The molecule has 0 radical (unpaired) electrons. The van der Waals surface area contributed by atoms with Gasteiger partial charge in [0.15, 0.2) is 0 Å². The lowest BCUT2D eigenvalue weighted by molar-refractivity contribution is 0.0137. The number of hydrogen-bond donors (Lipinski definition) is 2. The maximum absolute atomic E-state index is 13.2. The molecule has 0 bridgehead atoms. The van der Waals surface area contributed by atoms with E-state index in [1.807, 2.05) is 38.4 Å². The van der Waals surface area contributed by atoms with E-state index in [9.17, 15) is 16.8 Å². The van der Waals surface area contributed by atoms with Crippen molar-refractivity contribution >= 4 is 66.5 Å². The minimum Gasteiger partial charge on any atom is -0.378 e. The maximum atomic E-state index is 13.2. The van der Waals surface area contributed by atoms with Crippen molar-refractivity contribution in [3.63, 3.8) is 0 Å². The monoisotopic (exact) mass is 1240 g/mol. The summed E-state index contributed by atoms with van der Waals surface area (Å²) in [6.07, 6.45) is 3.59. The largest absolute Gasteiger partial charge is 0.378 e. The first kappa shape index (κ1) is 62.8. The number of benzene rings is 4. The van der Waals surface area contributed by atoms with E-state index in [0.29, 0.717) is 137 Å². The van der Waals surface area contributed by atoms with Crippen molar-refractivity contribution in [2.45, 2.75) is 61.0 Å². The molecule has 0 amide bonds. The molecule has 2 unspecified atom stereocenters. The summed E-state index contributed by atoms with van der Waals surface area (Å²) in [5.74, 6) is -0.165. The SMILES string of the molecule is CN1Cc2c(Cl)cc(Cl)cc2C(c2cccc(S(=O)(=O)NCCOCCOCCOCCn3cc(COCc4cn(CCOCCOCCOCCNS(=O)(=O)c5cccc(C6CN(C)Cc7c(Cl)cc(Cl)cc76)c5)nn4)nn3)c2)C1. The number of aromatic nitrogens is 6. The van der Waals surface area contributed by atoms with Crippen LogP contribution in [0.3, 0.4) is 0 Å². The highest BCUT2D eigenvalue weighted by Crippen LogP contribution is 2.40. The Morgan fingerprint density at radius 1 is 0.506 bits per heavy atom. The van der Waals surface area contributed by atoms with E-state index >= 15 is 0 Å². The molecule has 2 aliphatic rings. The highest BCUT2D eigenvalue weighted by molar-refractivity contribution is 7.89. The third kappa shape index (κ3) is 18.9. The Morgan fingerprint density at radius 2 is 0.889 bits per heavy atom. The Balaban J connectivity index is 0.592. The van der Waals surface area contributed by atoms with Crippen LogP contribution in [0.1, 0.15) is 56.6 Å². The Bertz CT molecular complexity index is 3010. The predicted molar refractivity (Wildman–Crippen MR) is 306 cm³/mol. The fourth-order valence-electron chi connectivity index (χ4n) is 9.41. The van der Waals surface area contributed by atoms with Crippen LogP contribution >= 0.6 is 46.4 Å². The molecule has 4 aromatic carbocycles. The van der Waals surface area contributed by atoms with Crippen molar-refractivity contribution in [1.82, 2.24) is 49.2 Å². The van der Waals surface area contributed by atoms with Gasteiger partial charge in [-0.1, -0.05) is 81.1 Å². The molecule has 2 N–H and O–H groups in total. The van der Waals surface area contributed by atoms with Gasteiger partial charge in [-0.15, -0.1) is 10.2 Å². The van der Waals surface area contributed by atoms with E-state index in [1.54, 1.807) is 70.3 Å². The van der Waals surface area contributed by atoms with Gasteiger partial charge in [0.1, 0.15) is 11.4 Å². The van der Waals surface area contributed by atoms with Crippen LogP contribution in [0.25, 0.3) is 0 Å². The molecule has 0 fully saturated rings. The molecule has 0 saturated heterocycles. The highest BCUT2D eigenvalue weighted by atomic mass is 35.5. The molecule has 2 atom stereocenters. The van der Waals surface area contributed by atoms with Gasteiger partial charge in [0.25, 0.3) is 0 Å². The van der Waals surface area contributed by atoms with Crippen LogP contribution in [0.4, 0.5) is 0 Å². The van der Waals surface area contributed by atoms with Gasteiger partial charge in [0, 0.05) is 71.2 Å². The van der Waals surface area contributed by atoms with Crippen LogP contribution < -0.4 is 9.44 Å². The highest BCUT2D eigenvalue weighted by Gasteiger charge is 2.30. The van der Waals surface area contributed by atoms with Crippen molar-refractivity contribution in [3.05, 3.63) is 150 Å². The molecular formula is C54H68Cl4N10O11S2. The van der Waals surface area contributed by atoms with E-state index in [4.69, 9.17) is 79.6 Å². The number of hydrogen-bond acceptors (Lipinski definition) is 17. The van der Waals surface area contributed by atoms with Crippen LogP contribution in [-0.4, -0.2) is 176 Å². The Hall–Kier alpha value is -4.22. The van der Waals surface area contributed by atoms with Crippen LogP contribution in [0.2, 0.25) is 20.1 Å². The number of rotatable bonds is 34. The van der Waals surface area contributed by atoms with Gasteiger partial charge in [-0.25, -0.2) is 35.6 Å². The Labute approximate surface area is 493 Å². The normalized spacial score (nSPS) is 16.0. The van der Waals surface area contributed by atoms with Crippen molar-refractivity contribution in [3.8, 4) is 0 Å². The van der Waals surface area contributed by atoms with Gasteiger partial charge >= 0.3 is 0 Å². The van der Waals surface area contributed by atoms with Crippen LogP contribution in [-0.2, 0) is 92.6 Å². The standard InChI is InChI=1S/C54H68Cl4N10O11S2/c1-65-33-49(47-27-41(55)29-53(57)51(47)35-65)39-5-3-7-45(25-39)80(69,70)59-9-13-73-17-21-77-23-19-75-15-11-67-31-43(61-63-67)37-79-38-44-32-68(64-62-44)12-16-76-20-24-78-22-18-74-14-10-60-81(71,72)46-8-4-6-40(26-46)50-34-66(2)36-52-48(50)28-42(56)30-54(52)58/h3-8,25-32,49-50,59-60H,9-24,33-38H2,1-2H3. The lowest BCUT2D eigenvalue weighted by atomic mass is 9.85. The Kier molecular flexibility index (Phi) is 24.1. The zero-order valence-electron chi connectivity index (χ0n) is 45.2. The first-order chi connectivity index (χ1) is 39.1. The molecule has 0 aliphatic carbocycles. The first-order valence-electron chi connectivity index (χ1n) is 26.5. The minimum atomic E-state index is -3.77. The number of nitrogens with zero attached hydrogens (tertiary/aromatic N) is 8. The molecule has 27 heteroatoms. The van der Waals surface area contributed by atoms with E-state index in [1.165, 1.54) is 0 Å². The summed E-state index contributed by atoms with van der Waals surface area (Å²) in [6.45, 7) is 8.45. The zero-order chi connectivity index (χ0) is 57.2. The van der Waals surface area contributed by atoms with Crippen molar-refractivity contribution in [1.29, 1.82) is 0 Å². The number of fused-ring (bicyclic) bond motifs is 2. The summed E-state index contributed by atoms with van der Waals surface area (Å²) in [5.41, 5.74) is 7.07. The van der Waals surface area contributed by atoms with Crippen LogP contribution in [0.15, 0.2) is 95.0 Å². The summed E-state index contributed by atoms with van der Waals surface area (Å²) in [4.78, 5) is 4.67. The molecule has 440 valence electrons. The fraction of sp³-hybridized carbons (Fsp3) is 0.481. The molecule has 2 aromatic heterocycles. The zero-order valence-corrected chi connectivity index (χ0v) is 49.8. The second kappa shape index (κ2) is 31.1. The average Bonchev–Trinajstić information content (AvgIpc) is 4.11. The Morgan fingerprint density at radius 3 is 1.30 bits per heavy atom. The third-order valence-corrected chi connectivity index (χ3v) is 17.3. The lowest BCUT2D eigenvalue weighted by Crippen LogP contribution is -2.31. The first-order valence-corrected chi connectivity index (χ1v) is 30.9. The molecule has 81 heavy (non-hydrogen) atoms. The van der Waals surface area contributed by atoms with E-state index in [2.05, 4.69) is 39.9 Å². The molecule has 8 rings (SSSR count). The number of ether oxygens (including phenoxy) is 7. The summed E-state index contributed by atoms with van der Waals surface area (Å²) in [5, 5.41) is 18.9. The molecule has 0 spiro atoms. The number of likely N-dealkylation sites (N-methyl/N-ethyl adjacent to an activating group) is 2. The molecule has 6 aromatic rings. The summed E-state index contributed by atoms with van der Waals surface area (Å²) >= 11 is 25.8. The molecule has 0 saturated carbocycles. The van der Waals surface area contributed by atoms with Gasteiger partial charge in [-0.2, -0.15) is 0 Å². The topological polar surface area (TPSA) is 225 Å². The number of nitrogens with one attached hydrogen (secondary N) is 2. The van der Waals surface area contributed by atoms with Crippen molar-refractivity contribution in [2.24, 2.45) is 0 Å². The van der Waals surface area contributed by atoms with Crippen molar-refractivity contribution < 1.29 is 50.0 Å². The smallest absolute Gasteiger partial charge is 0.240 e. The molecule has 2 aliphatic heterocycles. The van der Waals surface area contributed by atoms with E-state index < -0.39 is 20.0 Å². The second-order valence-electron chi connectivity index (χ2n) is 19.5. The van der Waals surface area contributed by atoms with Gasteiger partial charge in [-0.05, 0) is 96.0 Å². The quantitative estimate of drug-likeness (QED) is 0.0416. The van der Waals surface area contributed by atoms with Gasteiger partial charge in [0.05, 0.1) is 128 Å².